The maximum absolute atomic E-state index is 11.7. The molecule has 0 saturated carbocycles. The number of fused-ring (bicyclic) bond motifs is 1. The summed E-state index contributed by atoms with van der Waals surface area (Å²) in [4.78, 5) is 26.4. The van der Waals surface area contributed by atoms with Gasteiger partial charge in [-0.1, -0.05) is 18.2 Å². The van der Waals surface area contributed by atoms with E-state index in [1.54, 1.807) is 6.07 Å². The van der Waals surface area contributed by atoms with Crippen LogP contribution in [0, 0.1) is 6.92 Å². The summed E-state index contributed by atoms with van der Waals surface area (Å²) in [5.41, 5.74) is 2.21. The van der Waals surface area contributed by atoms with Gasteiger partial charge in [-0.25, -0.2) is 4.79 Å². The number of amides is 1. The average Bonchev–Trinajstić information content (AvgIpc) is 2.38. The zero-order valence-electron chi connectivity index (χ0n) is 10.9. The standard InChI is InChI=1S/C14H14N2O4/c1-9-6-12(10-4-2-3-5-11(10)15-9)16-13(17)7-20-8-14(18)19/h2-6H,7-8H2,1H3,(H,18,19)(H,15,16,17). The molecule has 6 heteroatoms. The number of aryl methyl sites for hydroxylation is 1. The van der Waals surface area contributed by atoms with Crippen LogP contribution in [0.4, 0.5) is 5.69 Å². The topological polar surface area (TPSA) is 88.5 Å². The van der Waals surface area contributed by atoms with Crippen LogP contribution in [0.15, 0.2) is 30.3 Å². The number of aliphatic carboxylic acids is 1. The minimum absolute atomic E-state index is 0.304. The van der Waals surface area contributed by atoms with E-state index in [0.29, 0.717) is 5.69 Å². The largest absolute Gasteiger partial charge is 0.480 e. The first-order valence-corrected chi connectivity index (χ1v) is 6.02. The molecule has 1 heterocycles. The average molecular weight is 274 g/mol. The van der Waals surface area contributed by atoms with Gasteiger partial charge in [0.05, 0.1) is 11.2 Å². The van der Waals surface area contributed by atoms with Crippen molar-refractivity contribution in [3.05, 3.63) is 36.0 Å². The number of hydrogen-bond donors (Lipinski definition) is 2. The number of rotatable bonds is 5. The van der Waals surface area contributed by atoms with Crippen LogP contribution >= 0.6 is 0 Å². The van der Waals surface area contributed by atoms with Gasteiger partial charge in [-0.05, 0) is 19.1 Å². The number of carbonyl (C=O) groups is 2. The number of nitrogens with zero attached hydrogens (tertiary/aromatic N) is 1. The predicted octanol–water partition coefficient (Wildman–Crippen LogP) is 1.58. The molecule has 1 aromatic heterocycles. The molecule has 0 aliphatic heterocycles. The molecule has 0 aliphatic carbocycles. The minimum Gasteiger partial charge on any atom is -0.480 e. The summed E-state index contributed by atoms with van der Waals surface area (Å²) in [6, 6.07) is 9.21. The Morgan fingerprint density at radius 2 is 2.05 bits per heavy atom. The van der Waals surface area contributed by atoms with Gasteiger partial charge < -0.3 is 15.2 Å². The smallest absolute Gasteiger partial charge is 0.329 e. The second kappa shape index (κ2) is 6.12. The van der Waals surface area contributed by atoms with Crippen molar-refractivity contribution in [2.75, 3.05) is 18.5 Å². The number of ether oxygens (including phenoxy) is 1. The molecule has 2 rings (SSSR count). The molecule has 0 fully saturated rings. The summed E-state index contributed by atoms with van der Waals surface area (Å²) in [5, 5.41) is 12.0. The van der Waals surface area contributed by atoms with Gasteiger partial charge in [0.25, 0.3) is 0 Å². The number of anilines is 1. The van der Waals surface area contributed by atoms with Gasteiger partial charge in [0.2, 0.25) is 5.91 Å². The van der Waals surface area contributed by atoms with Crippen LogP contribution in [-0.2, 0) is 14.3 Å². The molecule has 1 aromatic carbocycles. The Hall–Kier alpha value is -2.47. The lowest BCUT2D eigenvalue weighted by molar-refractivity contribution is -0.143. The number of para-hydroxylation sites is 1. The summed E-state index contributed by atoms with van der Waals surface area (Å²) in [5.74, 6) is -1.51. The number of carbonyl (C=O) groups excluding carboxylic acids is 1. The van der Waals surface area contributed by atoms with Crippen molar-refractivity contribution in [1.29, 1.82) is 0 Å². The maximum Gasteiger partial charge on any atom is 0.329 e. The van der Waals surface area contributed by atoms with E-state index >= 15 is 0 Å². The van der Waals surface area contributed by atoms with Crippen LogP contribution in [0.1, 0.15) is 5.69 Å². The van der Waals surface area contributed by atoms with E-state index in [9.17, 15) is 9.59 Å². The molecular weight excluding hydrogens is 260 g/mol. The van der Waals surface area contributed by atoms with E-state index in [-0.39, 0.29) is 6.61 Å². The first-order valence-electron chi connectivity index (χ1n) is 6.02. The van der Waals surface area contributed by atoms with Gasteiger partial charge in [-0.2, -0.15) is 0 Å². The van der Waals surface area contributed by atoms with Gasteiger partial charge in [-0.15, -0.1) is 0 Å². The molecular formula is C14H14N2O4. The van der Waals surface area contributed by atoms with Crippen LogP contribution in [-0.4, -0.2) is 35.2 Å². The Morgan fingerprint density at radius 3 is 2.80 bits per heavy atom. The van der Waals surface area contributed by atoms with Crippen molar-refractivity contribution in [3.8, 4) is 0 Å². The Balaban J connectivity index is 2.13. The van der Waals surface area contributed by atoms with Crippen molar-refractivity contribution >= 4 is 28.5 Å². The minimum atomic E-state index is -1.11. The monoisotopic (exact) mass is 274 g/mol. The summed E-state index contributed by atoms with van der Waals surface area (Å²) < 4.78 is 4.74. The molecule has 0 bridgehead atoms. The number of hydrogen-bond acceptors (Lipinski definition) is 4. The molecule has 0 radical (unpaired) electrons. The molecule has 6 nitrogen and oxygen atoms in total. The third-order valence-corrected chi connectivity index (χ3v) is 2.58. The second-order valence-corrected chi connectivity index (χ2v) is 4.26. The van der Waals surface area contributed by atoms with Crippen LogP contribution in [0.5, 0.6) is 0 Å². The number of nitrogens with one attached hydrogen (secondary N) is 1. The number of pyridine rings is 1. The molecule has 0 spiro atoms. The summed E-state index contributed by atoms with van der Waals surface area (Å²) in [7, 11) is 0. The lowest BCUT2D eigenvalue weighted by atomic mass is 10.1. The second-order valence-electron chi connectivity index (χ2n) is 4.26. The lowest BCUT2D eigenvalue weighted by Crippen LogP contribution is -2.21. The van der Waals surface area contributed by atoms with Crippen LogP contribution in [0.2, 0.25) is 0 Å². The highest BCUT2D eigenvalue weighted by Crippen LogP contribution is 2.22. The highest BCUT2D eigenvalue weighted by molar-refractivity contribution is 6.01. The molecule has 0 atom stereocenters. The Morgan fingerprint density at radius 1 is 1.30 bits per heavy atom. The highest BCUT2D eigenvalue weighted by atomic mass is 16.5. The van der Waals surface area contributed by atoms with Crippen LogP contribution in [0.25, 0.3) is 10.9 Å². The summed E-state index contributed by atoms with van der Waals surface area (Å²) >= 11 is 0. The first-order chi connectivity index (χ1) is 9.56. The molecule has 20 heavy (non-hydrogen) atoms. The van der Waals surface area contributed by atoms with Gasteiger partial charge in [0, 0.05) is 11.1 Å². The number of benzene rings is 1. The normalized spacial score (nSPS) is 10.4. The van der Waals surface area contributed by atoms with Crippen molar-refractivity contribution < 1.29 is 19.4 Å². The van der Waals surface area contributed by atoms with E-state index in [1.807, 2.05) is 31.2 Å². The maximum atomic E-state index is 11.7. The fourth-order valence-corrected chi connectivity index (χ4v) is 1.83. The van der Waals surface area contributed by atoms with E-state index in [4.69, 9.17) is 9.84 Å². The van der Waals surface area contributed by atoms with Crippen molar-refractivity contribution in [3.63, 3.8) is 0 Å². The molecule has 2 aromatic rings. The summed E-state index contributed by atoms with van der Waals surface area (Å²) in [6.07, 6.45) is 0. The highest BCUT2D eigenvalue weighted by Gasteiger charge is 2.08. The fraction of sp³-hybridized carbons (Fsp3) is 0.214. The van der Waals surface area contributed by atoms with E-state index < -0.39 is 18.5 Å². The van der Waals surface area contributed by atoms with E-state index in [2.05, 4.69) is 10.3 Å². The van der Waals surface area contributed by atoms with Gasteiger partial charge >= 0.3 is 5.97 Å². The third kappa shape index (κ3) is 3.52. The SMILES string of the molecule is Cc1cc(NC(=O)COCC(=O)O)c2ccccc2n1. The molecule has 0 aliphatic rings. The van der Waals surface area contributed by atoms with Crippen LogP contribution in [0.3, 0.4) is 0 Å². The third-order valence-electron chi connectivity index (χ3n) is 2.58. The van der Waals surface area contributed by atoms with E-state index in [0.717, 1.165) is 16.6 Å². The molecule has 1 amide bonds. The van der Waals surface area contributed by atoms with Crippen molar-refractivity contribution in [2.45, 2.75) is 6.92 Å². The zero-order valence-corrected chi connectivity index (χ0v) is 10.9. The van der Waals surface area contributed by atoms with Crippen LogP contribution < -0.4 is 5.32 Å². The van der Waals surface area contributed by atoms with Crippen molar-refractivity contribution in [1.82, 2.24) is 4.98 Å². The van der Waals surface area contributed by atoms with Gasteiger partial charge in [0.15, 0.2) is 0 Å². The Bertz CT molecular complexity index is 655. The first kappa shape index (κ1) is 14.0. The van der Waals surface area contributed by atoms with Crippen molar-refractivity contribution in [2.24, 2.45) is 0 Å². The molecule has 0 saturated heterocycles. The molecule has 0 unspecified atom stereocenters. The zero-order chi connectivity index (χ0) is 14.5. The predicted molar refractivity (Wildman–Crippen MR) is 73.6 cm³/mol. The van der Waals surface area contributed by atoms with Gasteiger partial charge in [-0.3, -0.25) is 9.78 Å². The number of carboxylic acid groups (broad SMARTS) is 1. The Kier molecular flexibility index (Phi) is 4.27. The van der Waals surface area contributed by atoms with Gasteiger partial charge in [0.1, 0.15) is 13.2 Å². The summed E-state index contributed by atoms with van der Waals surface area (Å²) in [6.45, 7) is 1.04. The lowest BCUT2D eigenvalue weighted by Gasteiger charge is -2.09. The fourth-order valence-electron chi connectivity index (χ4n) is 1.83. The Labute approximate surface area is 115 Å². The number of aromatic nitrogens is 1. The van der Waals surface area contributed by atoms with E-state index in [1.165, 1.54) is 0 Å². The molecule has 104 valence electrons. The quantitative estimate of drug-likeness (QED) is 0.864. The molecule has 2 N–H and O–H groups in total. The number of carboxylic acids is 1.